The molecule has 4 aromatic carbocycles. The molecule has 5 rings (SSSR count). The van der Waals surface area contributed by atoms with Gasteiger partial charge in [0.05, 0.1) is 28.4 Å². The normalized spacial score (nSPS) is 12.0. The van der Waals surface area contributed by atoms with E-state index >= 15 is 0 Å². The van der Waals surface area contributed by atoms with E-state index in [0.717, 1.165) is 21.9 Å². The van der Waals surface area contributed by atoms with Crippen LogP contribution in [-0.4, -0.2) is 43.0 Å². The van der Waals surface area contributed by atoms with Gasteiger partial charge in [0.1, 0.15) is 11.6 Å². The van der Waals surface area contributed by atoms with Crippen LogP contribution >= 0.6 is 11.3 Å². The number of carbonyl (C=O) groups is 1. The van der Waals surface area contributed by atoms with Crippen LogP contribution in [0.5, 0.6) is 5.75 Å². The van der Waals surface area contributed by atoms with Gasteiger partial charge in [0, 0.05) is 18.2 Å². The number of ether oxygens (including phenoxy) is 1. The number of carbonyl (C=O) groups excluding carboxylic acids is 1. The van der Waals surface area contributed by atoms with Crippen molar-refractivity contribution in [1.29, 1.82) is 0 Å². The molecule has 0 N–H and O–H groups in total. The largest absolute Gasteiger partial charge is 0.497 e. The van der Waals surface area contributed by atoms with Crippen LogP contribution in [0.25, 0.3) is 10.2 Å². The topological polar surface area (TPSA) is 92.2 Å². The summed E-state index contributed by atoms with van der Waals surface area (Å²) in [4.78, 5) is 18.3. The van der Waals surface area contributed by atoms with Crippen LogP contribution < -0.4 is 9.75 Å². The lowest BCUT2D eigenvalue weighted by molar-refractivity contribution is 0.0987. The predicted molar refractivity (Wildman–Crippen MR) is 168 cm³/mol. The van der Waals surface area contributed by atoms with E-state index < -0.39 is 21.7 Å². The van der Waals surface area contributed by atoms with Crippen LogP contribution in [0.1, 0.15) is 35.3 Å². The van der Waals surface area contributed by atoms with Crippen molar-refractivity contribution in [2.45, 2.75) is 31.3 Å². The van der Waals surface area contributed by atoms with Gasteiger partial charge in [-0.3, -0.25) is 4.79 Å². The van der Waals surface area contributed by atoms with Crippen LogP contribution in [0, 0.1) is 5.82 Å². The number of sulfonamides is 1. The zero-order valence-electron chi connectivity index (χ0n) is 23.7. The molecule has 0 aliphatic rings. The zero-order valence-corrected chi connectivity index (χ0v) is 25.3. The lowest BCUT2D eigenvalue weighted by Crippen LogP contribution is -2.36. The number of hydrogen-bond acceptors (Lipinski definition) is 7. The summed E-state index contributed by atoms with van der Waals surface area (Å²) in [6.07, 6.45) is 1.51. The molecule has 0 unspecified atom stereocenters. The number of rotatable bonds is 10. The monoisotopic (exact) mass is 616 g/mol. The van der Waals surface area contributed by atoms with E-state index in [4.69, 9.17) is 4.74 Å². The number of amides is 1. The molecule has 0 saturated heterocycles. The third kappa shape index (κ3) is 6.80. The summed E-state index contributed by atoms with van der Waals surface area (Å²) in [5, 5.41) is 5.80. The van der Waals surface area contributed by atoms with Gasteiger partial charge in [0.2, 0.25) is 15.2 Å². The van der Waals surface area contributed by atoms with Gasteiger partial charge in [-0.15, -0.1) is 0 Å². The molecule has 0 bridgehead atoms. The van der Waals surface area contributed by atoms with Gasteiger partial charge in [-0.05, 0) is 91.7 Å². The Morgan fingerprint density at radius 3 is 2.35 bits per heavy atom. The molecule has 0 radical (unpaired) electrons. The number of hydrogen-bond donors (Lipinski definition) is 0. The number of halogens is 1. The van der Waals surface area contributed by atoms with Gasteiger partial charge in [0.15, 0.2) is 0 Å². The number of thiazole rings is 1. The van der Waals surface area contributed by atoms with Crippen LogP contribution in [0.2, 0.25) is 0 Å². The summed E-state index contributed by atoms with van der Waals surface area (Å²) >= 11 is 1.12. The van der Waals surface area contributed by atoms with Crippen molar-refractivity contribution in [3.8, 4) is 5.75 Å². The Kier molecular flexibility index (Phi) is 8.95. The zero-order chi connectivity index (χ0) is 30.6. The van der Waals surface area contributed by atoms with Gasteiger partial charge in [-0.2, -0.15) is 14.4 Å². The molecule has 43 heavy (non-hydrogen) atoms. The second-order valence-electron chi connectivity index (χ2n) is 9.90. The molecule has 5 aromatic rings. The predicted octanol–water partition coefficient (Wildman–Crippen LogP) is 6.72. The van der Waals surface area contributed by atoms with Gasteiger partial charge in [-0.1, -0.05) is 41.7 Å². The molecule has 11 heteroatoms. The van der Waals surface area contributed by atoms with E-state index in [9.17, 15) is 17.6 Å². The van der Waals surface area contributed by atoms with Gasteiger partial charge < -0.3 is 4.74 Å². The number of anilines is 1. The maximum Gasteiger partial charge on any atom is 0.280 e. The number of benzene rings is 4. The number of aromatic nitrogens is 1. The fraction of sp³-hybridized carbons (Fsp3) is 0.156. The first-order valence-corrected chi connectivity index (χ1v) is 15.7. The lowest BCUT2D eigenvalue weighted by atomic mass is 10.2. The quantitative estimate of drug-likeness (QED) is 0.128. The van der Waals surface area contributed by atoms with Crippen molar-refractivity contribution in [1.82, 2.24) is 9.29 Å². The van der Waals surface area contributed by atoms with Crippen molar-refractivity contribution in [2.75, 3.05) is 12.1 Å². The average molecular weight is 617 g/mol. The Balaban J connectivity index is 1.46. The fourth-order valence-corrected chi connectivity index (χ4v) is 6.89. The van der Waals surface area contributed by atoms with Crippen molar-refractivity contribution in [2.24, 2.45) is 5.10 Å². The van der Waals surface area contributed by atoms with E-state index in [2.05, 4.69) is 10.1 Å². The molecule has 0 atom stereocenters. The molecule has 0 saturated carbocycles. The molecular formula is C32H29FN4O4S2. The highest BCUT2D eigenvalue weighted by Crippen LogP contribution is 2.31. The van der Waals surface area contributed by atoms with Crippen LogP contribution in [0.3, 0.4) is 0 Å². The fourth-order valence-electron chi connectivity index (χ4n) is 4.32. The van der Waals surface area contributed by atoms with E-state index in [1.165, 1.54) is 53.0 Å². The number of nitrogens with zero attached hydrogens (tertiary/aromatic N) is 4. The summed E-state index contributed by atoms with van der Waals surface area (Å²) in [5.74, 6) is -0.270. The third-order valence-electron chi connectivity index (χ3n) is 6.62. The molecule has 0 fully saturated rings. The Labute approximate surface area is 253 Å². The van der Waals surface area contributed by atoms with Crippen molar-refractivity contribution >= 4 is 48.8 Å². The number of fused-ring (bicyclic) bond motifs is 1. The first kappa shape index (κ1) is 30.0. The van der Waals surface area contributed by atoms with E-state index in [1.807, 2.05) is 44.2 Å². The highest BCUT2D eigenvalue weighted by Gasteiger charge is 2.28. The Morgan fingerprint density at radius 1 is 1.00 bits per heavy atom. The van der Waals surface area contributed by atoms with Gasteiger partial charge in [-0.25, -0.2) is 17.8 Å². The average Bonchev–Trinajstić information content (AvgIpc) is 3.43. The van der Waals surface area contributed by atoms with E-state index in [-0.39, 0.29) is 28.2 Å². The number of methoxy groups -OCH3 is 1. The minimum atomic E-state index is -3.86. The minimum Gasteiger partial charge on any atom is -0.497 e. The van der Waals surface area contributed by atoms with Crippen LogP contribution in [0.4, 0.5) is 9.52 Å². The maximum atomic E-state index is 13.9. The Morgan fingerprint density at radius 2 is 1.70 bits per heavy atom. The number of hydrazone groups is 1. The third-order valence-corrected chi connectivity index (χ3v) is 9.65. The Bertz CT molecular complexity index is 1860. The summed E-state index contributed by atoms with van der Waals surface area (Å²) in [6, 6.07) is 26.1. The van der Waals surface area contributed by atoms with Crippen molar-refractivity contribution in [3.63, 3.8) is 0 Å². The minimum absolute atomic E-state index is 0.0671. The molecule has 1 amide bonds. The first-order chi connectivity index (χ1) is 20.7. The second kappa shape index (κ2) is 12.8. The first-order valence-electron chi connectivity index (χ1n) is 13.4. The van der Waals surface area contributed by atoms with Gasteiger partial charge in [0.25, 0.3) is 5.91 Å². The Hall–Kier alpha value is -4.45. The molecule has 0 aliphatic heterocycles. The van der Waals surface area contributed by atoms with Crippen LogP contribution in [-0.2, 0) is 16.6 Å². The summed E-state index contributed by atoms with van der Waals surface area (Å²) < 4.78 is 48.3. The van der Waals surface area contributed by atoms with Crippen LogP contribution in [0.15, 0.2) is 107 Å². The molecular weight excluding hydrogens is 588 g/mol. The highest BCUT2D eigenvalue weighted by atomic mass is 32.2. The van der Waals surface area contributed by atoms with E-state index in [1.54, 1.807) is 31.4 Å². The van der Waals surface area contributed by atoms with E-state index in [0.29, 0.717) is 21.5 Å². The lowest BCUT2D eigenvalue weighted by Gasteiger charge is -2.26. The second-order valence-corrected chi connectivity index (χ2v) is 12.8. The molecule has 0 spiro atoms. The summed E-state index contributed by atoms with van der Waals surface area (Å²) in [6.45, 7) is 3.86. The maximum absolute atomic E-state index is 13.9. The summed E-state index contributed by atoms with van der Waals surface area (Å²) in [5.41, 5.74) is 2.30. The molecule has 8 nitrogen and oxygen atoms in total. The molecule has 1 aromatic heterocycles. The highest BCUT2D eigenvalue weighted by molar-refractivity contribution is 7.89. The standard InChI is InChI=1S/C32H29FN4O4S2/c1-22(2)36(21-24-7-5-4-6-8-24)43(39,40)28-16-11-25(12-17-28)31(38)37(34-20-23-9-14-27(41-3)15-10-23)32-35-29-18-13-26(33)19-30(29)42-32/h4-20,22H,21H2,1-3H3/b34-20+. The molecule has 1 heterocycles. The molecule has 220 valence electrons. The summed E-state index contributed by atoms with van der Waals surface area (Å²) in [7, 11) is -2.29. The van der Waals surface area contributed by atoms with Crippen molar-refractivity contribution < 1.29 is 22.3 Å². The smallest absolute Gasteiger partial charge is 0.280 e. The SMILES string of the molecule is COc1ccc(/C=N/N(C(=O)c2ccc(S(=O)(=O)N(Cc3ccccc3)C(C)C)cc2)c2nc3ccc(F)cc3s2)cc1. The van der Waals surface area contributed by atoms with Crippen molar-refractivity contribution in [3.05, 3.63) is 120 Å². The molecule has 0 aliphatic carbocycles. The van der Waals surface area contributed by atoms with Gasteiger partial charge >= 0.3 is 0 Å².